The van der Waals surface area contributed by atoms with Crippen LogP contribution in [0, 0.1) is 5.41 Å². The van der Waals surface area contributed by atoms with E-state index >= 15 is 0 Å². The Balaban J connectivity index is 2.39. The van der Waals surface area contributed by atoms with Crippen molar-refractivity contribution in [1.29, 1.82) is 0 Å². The molecular weight excluding hydrogens is 172 g/mol. The third-order valence-electron chi connectivity index (χ3n) is 3.05. The second-order valence-corrected chi connectivity index (χ2v) is 4.77. The van der Waals surface area contributed by atoms with E-state index in [-0.39, 0.29) is 5.41 Å². The molecule has 1 rings (SSSR count). The summed E-state index contributed by atoms with van der Waals surface area (Å²) < 4.78 is 0. The molecule has 0 aromatic rings. The molecule has 0 bridgehead atoms. The molecule has 1 nitrogen and oxygen atoms in total. The number of Topliss-reactive ketones (excluding diaryl/α,β-unsaturated/α-hetero) is 1. The average Bonchev–Trinajstić information content (AvgIpc) is 2.12. The van der Waals surface area contributed by atoms with Gasteiger partial charge < -0.3 is 0 Å². The van der Waals surface area contributed by atoms with E-state index in [0.717, 1.165) is 19.3 Å². The number of carbonyl (C=O) groups excluding carboxylic acids is 1. The molecule has 0 aromatic heterocycles. The van der Waals surface area contributed by atoms with Crippen LogP contribution in [0.2, 0.25) is 0 Å². The van der Waals surface area contributed by atoms with E-state index in [9.17, 15) is 4.79 Å². The summed E-state index contributed by atoms with van der Waals surface area (Å²) in [5.41, 5.74) is 0.170. The van der Waals surface area contributed by atoms with E-state index in [1.165, 1.54) is 25.7 Å². The van der Waals surface area contributed by atoms with Crippen LogP contribution < -0.4 is 0 Å². The van der Waals surface area contributed by atoms with Crippen molar-refractivity contribution in [3.05, 3.63) is 12.2 Å². The Bertz CT molecular complexity index is 217. The standard InChI is InChI=1S/C13H22O/c1-3-4-5-6-9-13(2)10-7-8-12(14)11-13/h6,9H,3-5,7-8,10-11H2,1-2H3. The minimum absolute atomic E-state index is 0.170. The van der Waals surface area contributed by atoms with Crippen molar-refractivity contribution < 1.29 is 4.79 Å². The van der Waals surface area contributed by atoms with Gasteiger partial charge in [-0.15, -0.1) is 0 Å². The molecule has 0 N–H and O–H groups in total. The molecule has 0 aliphatic heterocycles. The van der Waals surface area contributed by atoms with E-state index in [1.54, 1.807) is 0 Å². The van der Waals surface area contributed by atoms with Gasteiger partial charge in [0.05, 0.1) is 0 Å². The number of hydrogen-bond acceptors (Lipinski definition) is 1. The third-order valence-corrected chi connectivity index (χ3v) is 3.05. The Morgan fingerprint density at radius 3 is 2.93 bits per heavy atom. The normalized spacial score (nSPS) is 28.6. The molecule has 0 heterocycles. The first-order valence-corrected chi connectivity index (χ1v) is 5.86. The number of rotatable bonds is 4. The van der Waals surface area contributed by atoms with Gasteiger partial charge in [-0.25, -0.2) is 0 Å². The smallest absolute Gasteiger partial charge is 0.133 e. The number of hydrogen-bond donors (Lipinski definition) is 0. The van der Waals surface area contributed by atoms with Gasteiger partial charge in [-0.05, 0) is 24.7 Å². The van der Waals surface area contributed by atoms with Gasteiger partial charge in [0, 0.05) is 12.8 Å². The summed E-state index contributed by atoms with van der Waals surface area (Å²) in [4.78, 5) is 11.3. The quantitative estimate of drug-likeness (QED) is 0.490. The molecule has 1 fully saturated rings. The van der Waals surface area contributed by atoms with Crippen LogP contribution in [0.4, 0.5) is 0 Å². The lowest BCUT2D eigenvalue weighted by molar-refractivity contribution is -0.122. The second-order valence-electron chi connectivity index (χ2n) is 4.77. The van der Waals surface area contributed by atoms with Crippen LogP contribution in [-0.2, 0) is 4.79 Å². The van der Waals surface area contributed by atoms with Gasteiger partial charge in [-0.3, -0.25) is 4.79 Å². The summed E-state index contributed by atoms with van der Waals surface area (Å²) >= 11 is 0. The van der Waals surface area contributed by atoms with Gasteiger partial charge in [0.25, 0.3) is 0 Å². The zero-order valence-electron chi connectivity index (χ0n) is 9.51. The number of ketones is 1. The average molecular weight is 194 g/mol. The van der Waals surface area contributed by atoms with E-state index in [0.29, 0.717) is 5.78 Å². The number of unbranched alkanes of at least 4 members (excludes halogenated alkanes) is 2. The molecule has 0 aromatic carbocycles. The fourth-order valence-corrected chi connectivity index (χ4v) is 2.15. The first kappa shape index (κ1) is 11.5. The van der Waals surface area contributed by atoms with Crippen LogP contribution in [0.3, 0.4) is 0 Å². The maximum atomic E-state index is 11.3. The van der Waals surface area contributed by atoms with Gasteiger partial charge in [0.1, 0.15) is 5.78 Å². The predicted molar refractivity (Wildman–Crippen MR) is 60.2 cm³/mol. The Labute approximate surface area is 87.6 Å². The summed E-state index contributed by atoms with van der Waals surface area (Å²) in [5.74, 6) is 0.443. The molecule has 1 atom stereocenters. The second kappa shape index (κ2) is 5.33. The fraction of sp³-hybridized carbons (Fsp3) is 0.769. The third kappa shape index (κ3) is 3.65. The zero-order valence-corrected chi connectivity index (χ0v) is 9.51. The predicted octanol–water partition coefficient (Wildman–Crippen LogP) is 3.88. The first-order chi connectivity index (χ1) is 6.66. The van der Waals surface area contributed by atoms with Crippen LogP contribution in [0.5, 0.6) is 0 Å². The lowest BCUT2D eigenvalue weighted by Crippen LogP contribution is -2.23. The lowest BCUT2D eigenvalue weighted by atomic mass is 9.75. The van der Waals surface area contributed by atoms with Crippen LogP contribution in [0.25, 0.3) is 0 Å². The van der Waals surface area contributed by atoms with Crippen molar-refractivity contribution in [1.82, 2.24) is 0 Å². The van der Waals surface area contributed by atoms with Crippen molar-refractivity contribution in [3.63, 3.8) is 0 Å². The van der Waals surface area contributed by atoms with Gasteiger partial charge in [-0.1, -0.05) is 38.8 Å². The molecular formula is C13H22O. The Kier molecular flexibility index (Phi) is 4.37. The van der Waals surface area contributed by atoms with Crippen LogP contribution in [-0.4, -0.2) is 5.78 Å². The molecule has 0 amide bonds. The molecule has 0 spiro atoms. The van der Waals surface area contributed by atoms with Gasteiger partial charge >= 0.3 is 0 Å². The number of carbonyl (C=O) groups is 1. The molecule has 1 aliphatic rings. The molecule has 14 heavy (non-hydrogen) atoms. The largest absolute Gasteiger partial charge is 0.300 e. The maximum absolute atomic E-state index is 11.3. The van der Waals surface area contributed by atoms with Crippen LogP contribution >= 0.6 is 0 Å². The van der Waals surface area contributed by atoms with Crippen molar-refractivity contribution in [3.8, 4) is 0 Å². The zero-order chi connectivity index (χ0) is 10.4. The monoisotopic (exact) mass is 194 g/mol. The highest BCUT2D eigenvalue weighted by Gasteiger charge is 2.28. The van der Waals surface area contributed by atoms with Crippen LogP contribution in [0.1, 0.15) is 58.8 Å². The van der Waals surface area contributed by atoms with E-state index in [2.05, 4.69) is 26.0 Å². The van der Waals surface area contributed by atoms with E-state index in [4.69, 9.17) is 0 Å². The molecule has 1 unspecified atom stereocenters. The van der Waals surface area contributed by atoms with E-state index < -0.39 is 0 Å². The van der Waals surface area contributed by atoms with E-state index in [1.807, 2.05) is 0 Å². The number of allylic oxidation sites excluding steroid dienone is 2. The Hall–Kier alpha value is -0.590. The van der Waals surface area contributed by atoms with Crippen molar-refractivity contribution >= 4 is 5.78 Å². The first-order valence-electron chi connectivity index (χ1n) is 5.86. The molecule has 1 aliphatic carbocycles. The van der Waals surface area contributed by atoms with Crippen molar-refractivity contribution in [2.75, 3.05) is 0 Å². The van der Waals surface area contributed by atoms with Crippen molar-refractivity contribution in [2.24, 2.45) is 5.41 Å². The topological polar surface area (TPSA) is 17.1 Å². The summed E-state index contributed by atoms with van der Waals surface area (Å²) in [5, 5.41) is 0. The molecule has 80 valence electrons. The van der Waals surface area contributed by atoms with Crippen molar-refractivity contribution in [2.45, 2.75) is 58.8 Å². The van der Waals surface area contributed by atoms with Gasteiger partial charge in [0.2, 0.25) is 0 Å². The molecule has 0 radical (unpaired) electrons. The minimum Gasteiger partial charge on any atom is -0.300 e. The van der Waals surface area contributed by atoms with Gasteiger partial charge in [0.15, 0.2) is 0 Å². The highest BCUT2D eigenvalue weighted by Crippen LogP contribution is 2.35. The Morgan fingerprint density at radius 2 is 2.29 bits per heavy atom. The summed E-state index contributed by atoms with van der Waals surface area (Å²) in [6, 6.07) is 0. The molecule has 1 saturated carbocycles. The highest BCUT2D eigenvalue weighted by molar-refractivity contribution is 5.80. The summed E-state index contributed by atoms with van der Waals surface area (Å²) in [6.45, 7) is 4.42. The highest BCUT2D eigenvalue weighted by atomic mass is 16.1. The fourth-order valence-electron chi connectivity index (χ4n) is 2.15. The summed E-state index contributed by atoms with van der Waals surface area (Å²) in [6.07, 6.45) is 12.0. The maximum Gasteiger partial charge on any atom is 0.133 e. The Morgan fingerprint density at radius 1 is 1.50 bits per heavy atom. The lowest BCUT2D eigenvalue weighted by Gasteiger charge is -2.29. The summed E-state index contributed by atoms with van der Waals surface area (Å²) in [7, 11) is 0. The van der Waals surface area contributed by atoms with Gasteiger partial charge in [-0.2, -0.15) is 0 Å². The molecule has 1 heteroatoms. The minimum atomic E-state index is 0.170. The van der Waals surface area contributed by atoms with Crippen LogP contribution in [0.15, 0.2) is 12.2 Å². The molecule has 0 saturated heterocycles. The SMILES string of the molecule is CCCCC=CC1(C)CCCC(=O)C1.